The Kier molecular flexibility index (Phi) is 6.92. The summed E-state index contributed by atoms with van der Waals surface area (Å²) in [5.74, 6) is -0.682. The van der Waals surface area contributed by atoms with Gasteiger partial charge in [-0.3, -0.25) is 19.1 Å². The maximum absolute atomic E-state index is 12.1. The van der Waals surface area contributed by atoms with Crippen molar-refractivity contribution in [3.8, 4) is 0 Å². The zero-order valence-corrected chi connectivity index (χ0v) is 17.7. The second-order valence-corrected chi connectivity index (χ2v) is 9.27. The highest BCUT2D eigenvalue weighted by molar-refractivity contribution is 7.85. The Bertz CT molecular complexity index is 862. The largest absolute Gasteiger partial charge is 0.376 e. The van der Waals surface area contributed by atoms with Crippen LogP contribution in [0.1, 0.15) is 42.7 Å². The molecule has 0 aliphatic carbocycles. The molecular formula is C20H28N2O6S. The highest BCUT2D eigenvalue weighted by atomic mass is 32.2. The predicted octanol–water partition coefficient (Wildman–Crippen LogP) is 1.48. The summed E-state index contributed by atoms with van der Waals surface area (Å²) in [4.78, 5) is 25.8. The first-order valence-corrected chi connectivity index (χ1v) is 11.7. The highest BCUT2D eigenvalue weighted by Gasteiger charge is 2.29. The van der Waals surface area contributed by atoms with E-state index in [0.717, 1.165) is 49.0 Å². The van der Waals surface area contributed by atoms with Crippen molar-refractivity contribution in [2.45, 2.75) is 44.6 Å². The molecule has 1 unspecified atom stereocenters. The summed E-state index contributed by atoms with van der Waals surface area (Å²) in [5.41, 5.74) is 3.13. The molecule has 2 aliphatic rings. The summed E-state index contributed by atoms with van der Waals surface area (Å²) in [6.45, 7) is 3.99. The number of nitrogens with one attached hydrogen (secondary N) is 1. The van der Waals surface area contributed by atoms with E-state index in [9.17, 15) is 18.0 Å². The first-order chi connectivity index (χ1) is 13.7. The third-order valence-corrected chi connectivity index (χ3v) is 6.00. The van der Waals surface area contributed by atoms with Gasteiger partial charge in [0, 0.05) is 25.2 Å². The van der Waals surface area contributed by atoms with Crippen LogP contribution in [0.25, 0.3) is 0 Å². The summed E-state index contributed by atoms with van der Waals surface area (Å²) in [6.07, 6.45) is 3.76. The van der Waals surface area contributed by atoms with Crippen LogP contribution >= 0.6 is 0 Å². The minimum absolute atomic E-state index is 0.0417. The lowest BCUT2D eigenvalue weighted by Crippen LogP contribution is -2.39. The minimum Gasteiger partial charge on any atom is -0.376 e. The molecule has 2 saturated heterocycles. The lowest BCUT2D eigenvalue weighted by atomic mass is 9.87. The highest BCUT2D eigenvalue weighted by Crippen LogP contribution is 2.31. The van der Waals surface area contributed by atoms with Crippen molar-refractivity contribution in [3.63, 3.8) is 0 Å². The van der Waals surface area contributed by atoms with Gasteiger partial charge in [0.15, 0.2) is 0 Å². The van der Waals surface area contributed by atoms with Crippen molar-refractivity contribution >= 4 is 27.6 Å². The number of benzene rings is 1. The average Bonchev–Trinajstić information content (AvgIpc) is 2.66. The summed E-state index contributed by atoms with van der Waals surface area (Å²) in [5, 5.41) is 2.42. The Hall–Kier alpha value is -1.97. The lowest BCUT2D eigenvalue weighted by molar-refractivity contribution is -0.134. The van der Waals surface area contributed by atoms with E-state index in [4.69, 9.17) is 4.74 Å². The maximum Gasteiger partial charge on any atom is 0.264 e. The van der Waals surface area contributed by atoms with Crippen LogP contribution in [0.5, 0.6) is 0 Å². The van der Waals surface area contributed by atoms with Gasteiger partial charge in [0.1, 0.15) is 0 Å². The molecule has 1 N–H and O–H groups in total. The Labute approximate surface area is 171 Å². The molecule has 0 saturated carbocycles. The van der Waals surface area contributed by atoms with Crippen molar-refractivity contribution in [2.24, 2.45) is 0 Å². The Balaban J connectivity index is 1.51. The third-order valence-electron chi connectivity index (χ3n) is 5.41. The second-order valence-electron chi connectivity index (χ2n) is 7.63. The van der Waals surface area contributed by atoms with Gasteiger partial charge in [0.25, 0.3) is 10.1 Å². The first-order valence-electron chi connectivity index (χ1n) is 9.88. The van der Waals surface area contributed by atoms with Crippen LogP contribution in [0, 0.1) is 6.92 Å². The molecule has 3 rings (SSSR count). The van der Waals surface area contributed by atoms with Gasteiger partial charge < -0.3 is 9.64 Å². The minimum atomic E-state index is -3.42. The van der Waals surface area contributed by atoms with Crippen LogP contribution < -0.4 is 10.2 Å². The SMILES string of the molecule is Cc1cc(N2CCC(OCCOS(C)(=O)=O)CC2)ccc1C1CCC(=O)NC1=O. The Morgan fingerprint density at radius 2 is 1.86 bits per heavy atom. The molecular weight excluding hydrogens is 396 g/mol. The maximum atomic E-state index is 12.1. The number of piperidine rings is 2. The van der Waals surface area contributed by atoms with Gasteiger partial charge in [-0.25, -0.2) is 0 Å². The fourth-order valence-corrected chi connectivity index (χ4v) is 4.29. The molecule has 1 aromatic rings. The van der Waals surface area contributed by atoms with Gasteiger partial charge >= 0.3 is 0 Å². The van der Waals surface area contributed by atoms with E-state index in [1.54, 1.807) is 0 Å². The van der Waals surface area contributed by atoms with Crippen LogP contribution in [-0.4, -0.2) is 58.9 Å². The molecule has 1 atom stereocenters. The van der Waals surface area contributed by atoms with E-state index >= 15 is 0 Å². The summed E-state index contributed by atoms with van der Waals surface area (Å²) >= 11 is 0. The quantitative estimate of drug-likeness (QED) is 0.402. The number of carbonyl (C=O) groups excluding carboxylic acids is 2. The molecule has 9 heteroatoms. The number of carbonyl (C=O) groups is 2. The van der Waals surface area contributed by atoms with Gasteiger partial charge in [-0.1, -0.05) is 6.07 Å². The molecule has 2 aliphatic heterocycles. The van der Waals surface area contributed by atoms with E-state index in [-0.39, 0.29) is 37.0 Å². The standard InChI is InChI=1S/C20H28N2O6S/c1-14-13-15(3-4-17(14)18-5-6-19(23)21-20(18)24)22-9-7-16(8-10-22)27-11-12-28-29(2,25)26/h3-4,13,16,18H,5-12H2,1-2H3,(H,21,23,24). The number of anilines is 1. The van der Waals surface area contributed by atoms with Gasteiger partial charge in [-0.15, -0.1) is 0 Å². The average molecular weight is 425 g/mol. The molecule has 29 heavy (non-hydrogen) atoms. The summed E-state index contributed by atoms with van der Waals surface area (Å²) < 4.78 is 32.3. The molecule has 0 aromatic heterocycles. The van der Waals surface area contributed by atoms with Crippen molar-refractivity contribution in [1.29, 1.82) is 0 Å². The zero-order chi connectivity index (χ0) is 21.0. The third kappa shape index (κ3) is 6.01. The molecule has 8 nitrogen and oxygen atoms in total. The topological polar surface area (TPSA) is 102 Å². The number of ether oxygens (including phenoxy) is 1. The van der Waals surface area contributed by atoms with Gasteiger partial charge in [0.2, 0.25) is 11.8 Å². The number of amides is 2. The fraction of sp³-hybridized carbons (Fsp3) is 0.600. The molecule has 0 radical (unpaired) electrons. The van der Waals surface area contributed by atoms with E-state index in [1.807, 2.05) is 19.1 Å². The summed E-state index contributed by atoms with van der Waals surface area (Å²) in [7, 11) is -3.42. The fourth-order valence-electron chi connectivity index (χ4n) is 3.92. The van der Waals surface area contributed by atoms with Crippen LogP contribution in [0.15, 0.2) is 18.2 Å². The molecule has 2 heterocycles. The van der Waals surface area contributed by atoms with Crippen LogP contribution in [0.2, 0.25) is 0 Å². The van der Waals surface area contributed by atoms with Gasteiger partial charge in [-0.05, 0) is 49.4 Å². The van der Waals surface area contributed by atoms with E-state index in [2.05, 4.69) is 20.5 Å². The number of hydrogen-bond donors (Lipinski definition) is 1. The molecule has 0 spiro atoms. The van der Waals surface area contributed by atoms with Crippen molar-refractivity contribution in [3.05, 3.63) is 29.3 Å². The number of aryl methyl sites for hydroxylation is 1. The normalized spacial score (nSPS) is 21.3. The second kappa shape index (κ2) is 9.23. The monoisotopic (exact) mass is 424 g/mol. The van der Waals surface area contributed by atoms with E-state index in [1.165, 1.54) is 0 Å². The Morgan fingerprint density at radius 1 is 1.14 bits per heavy atom. The van der Waals surface area contributed by atoms with Gasteiger partial charge in [-0.2, -0.15) is 8.42 Å². The van der Waals surface area contributed by atoms with Crippen molar-refractivity contribution in [2.75, 3.05) is 37.5 Å². The number of nitrogens with zero attached hydrogens (tertiary/aromatic N) is 1. The first kappa shape index (κ1) is 21.7. The zero-order valence-electron chi connectivity index (χ0n) is 16.8. The molecule has 0 bridgehead atoms. The number of hydrogen-bond acceptors (Lipinski definition) is 7. The number of rotatable bonds is 7. The molecule has 160 valence electrons. The Morgan fingerprint density at radius 3 is 2.48 bits per heavy atom. The van der Waals surface area contributed by atoms with E-state index < -0.39 is 10.1 Å². The van der Waals surface area contributed by atoms with Crippen molar-refractivity contribution < 1.29 is 26.9 Å². The number of imide groups is 1. The smallest absolute Gasteiger partial charge is 0.264 e. The molecule has 1 aromatic carbocycles. The molecule has 2 fully saturated rings. The van der Waals surface area contributed by atoms with Crippen LogP contribution in [-0.2, 0) is 28.6 Å². The predicted molar refractivity (Wildman–Crippen MR) is 108 cm³/mol. The lowest BCUT2D eigenvalue weighted by Gasteiger charge is -2.34. The van der Waals surface area contributed by atoms with Gasteiger partial charge in [0.05, 0.1) is 31.5 Å². The van der Waals surface area contributed by atoms with E-state index in [0.29, 0.717) is 12.8 Å². The van der Waals surface area contributed by atoms with Crippen molar-refractivity contribution in [1.82, 2.24) is 5.32 Å². The molecule has 2 amide bonds. The van der Waals surface area contributed by atoms with Crippen LogP contribution in [0.4, 0.5) is 5.69 Å². The van der Waals surface area contributed by atoms with Crippen LogP contribution in [0.3, 0.4) is 0 Å². The summed E-state index contributed by atoms with van der Waals surface area (Å²) in [6, 6.07) is 6.13.